The number of rotatable bonds is 0. The Hall–Kier alpha value is -0.960. The lowest BCUT2D eigenvalue weighted by Gasteiger charge is -2.40. The van der Waals surface area contributed by atoms with E-state index in [1.807, 2.05) is 0 Å². The van der Waals surface area contributed by atoms with Crippen molar-refractivity contribution in [3.05, 3.63) is 0 Å². The third kappa shape index (κ3) is 2.24. The van der Waals surface area contributed by atoms with Gasteiger partial charge in [-0.25, -0.2) is 8.78 Å². The maximum absolute atomic E-state index is 12.8. The molecule has 2 N–H and O–H groups in total. The molecule has 0 bridgehead atoms. The first-order valence-corrected chi connectivity index (χ1v) is 4.16. The zero-order valence-corrected chi connectivity index (χ0v) is 7.76. The van der Waals surface area contributed by atoms with Crippen LogP contribution in [0.4, 0.5) is 22.0 Å². The van der Waals surface area contributed by atoms with Gasteiger partial charge in [0.2, 0.25) is 5.79 Å². The lowest BCUT2D eigenvalue weighted by molar-refractivity contribution is -0.317. The molecule has 1 aliphatic heterocycles. The van der Waals surface area contributed by atoms with E-state index in [4.69, 9.17) is 10.2 Å². The Bertz CT molecular complexity index is 301. The Balaban J connectivity index is 2.81. The molecule has 1 fully saturated rings. The van der Waals surface area contributed by atoms with Gasteiger partial charge in [0, 0.05) is 13.0 Å². The summed E-state index contributed by atoms with van der Waals surface area (Å²) in [6, 6.07) is 0. The highest BCUT2D eigenvalue weighted by molar-refractivity contribution is 5.82. The molecular weight excluding hydrogens is 241 g/mol. The molecule has 0 unspecified atom stereocenters. The van der Waals surface area contributed by atoms with Gasteiger partial charge in [-0.15, -0.1) is 0 Å². The monoisotopic (exact) mass is 249 g/mol. The van der Waals surface area contributed by atoms with Crippen LogP contribution in [0.3, 0.4) is 0 Å². The topological polar surface area (TPSA) is 60.8 Å². The highest BCUT2D eigenvalue weighted by Gasteiger charge is 2.58. The van der Waals surface area contributed by atoms with E-state index in [0.717, 1.165) is 0 Å². The van der Waals surface area contributed by atoms with Crippen LogP contribution in [0.1, 0.15) is 6.42 Å². The van der Waals surface area contributed by atoms with Crippen molar-refractivity contribution in [3.63, 3.8) is 0 Å². The second-order valence-electron chi connectivity index (χ2n) is 3.50. The van der Waals surface area contributed by atoms with Crippen molar-refractivity contribution in [1.29, 1.82) is 0 Å². The largest absolute Gasteiger partial charge is 0.471 e. The van der Waals surface area contributed by atoms with Crippen molar-refractivity contribution >= 4 is 5.91 Å². The minimum absolute atomic E-state index is 0.0581. The Morgan fingerprint density at radius 3 is 2.12 bits per heavy atom. The van der Waals surface area contributed by atoms with Crippen molar-refractivity contribution in [2.75, 3.05) is 13.1 Å². The molecule has 0 aromatic heterocycles. The van der Waals surface area contributed by atoms with Crippen molar-refractivity contribution < 1.29 is 37.0 Å². The van der Waals surface area contributed by atoms with Crippen molar-refractivity contribution in [2.24, 2.45) is 0 Å². The van der Waals surface area contributed by atoms with Gasteiger partial charge in [0.25, 0.3) is 0 Å². The van der Waals surface area contributed by atoms with Crippen LogP contribution in [0, 0.1) is 0 Å². The van der Waals surface area contributed by atoms with Crippen molar-refractivity contribution in [3.8, 4) is 0 Å². The van der Waals surface area contributed by atoms with E-state index in [0.29, 0.717) is 0 Å². The predicted molar refractivity (Wildman–Crippen MR) is 39.4 cm³/mol. The molecular formula is C7H8F5NO3. The molecule has 9 heteroatoms. The fourth-order valence-corrected chi connectivity index (χ4v) is 1.29. The first-order chi connectivity index (χ1) is 6.97. The van der Waals surface area contributed by atoms with Gasteiger partial charge >= 0.3 is 18.0 Å². The molecule has 0 aromatic rings. The summed E-state index contributed by atoms with van der Waals surface area (Å²) in [6.45, 7) is -2.35. The van der Waals surface area contributed by atoms with E-state index < -0.39 is 43.3 Å². The van der Waals surface area contributed by atoms with Gasteiger partial charge in [0.15, 0.2) is 0 Å². The summed E-state index contributed by atoms with van der Waals surface area (Å²) in [7, 11) is 0. The van der Waals surface area contributed by atoms with Crippen LogP contribution in [-0.4, -0.2) is 52.0 Å². The number of hydrogen-bond donors (Lipinski definition) is 2. The Morgan fingerprint density at radius 2 is 1.75 bits per heavy atom. The van der Waals surface area contributed by atoms with Crippen molar-refractivity contribution in [2.45, 2.75) is 24.3 Å². The number of halogens is 5. The first kappa shape index (κ1) is 13.1. The molecule has 0 saturated carbocycles. The molecule has 16 heavy (non-hydrogen) atoms. The molecule has 1 amide bonds. The zero-order valence-electron chi connectivity index (χ0n) is 7.76. The van der Waals surface area contributed by atoms with E-state index in [2.05, 4.69) is 0 Å². The minimum atomic E-state index is -5.22. The van der Waals surface area contributed by atoms with Gasteiger partial charge in [0.1, 0.15) is 0 Å². The summed E-state index contributed by atoms with van der Waals surface area (Å²) < 4.78 is 61.4. The molecule has 0 aromatic carbocycles. The molecule has 1 heterocycles. The number of carbonyl (C=O) groups excluding carboxylic acids is 1. The average molecular weight is 249 g/mol. The van der Waals surface area contributed by atoms with Gasteiger partial charge in [-0.3, -0.25) is 4.79 Å². The number of likely N-dealkylation sites (tertiary alicyclic amines) is 1. The van der Waals surface area contributed by atoms with E-state index >= 15 is 0 Å². The van der Waals surface area contributed by atoms with Gasteiger partial charge in [-0.2, -0.15) is 13.2 Å². The summed E-state index contributed by atoms with van der Waals surface area (Å²) in [4.78, 5) is 10.6. The Labute approximate surface area is 86.3 Å². The third-order valence-electron chi connectivity index (χ3n) is 2.22. The van der Waals surface area contributed by atoms with Crippen LogP contribution in [0.25, 0.3) is 0 Å². The fourth-order valence-electron chi connectivity index (χ4n) is 1.29. The lowest BCUT2D eigenvalue weighted by Crippen LogP contribution is -2.63. The van der Waals surface area contributed by atoms with Gasteiger partial charge in [-0.1, -0.05) is 0 Å². The second kappa shape index (κ2) is 3.52. The molecule has 1 rings (SSSR count). The molecule has 0 spiro atoms. The van der Waals surface area contributed by atoms with E-state index in [1.165, 1.54) is 0 Å². The van der Waals surface area contributed by atoms with Gasteiger partial charge < -0.3 is 15.1 Å². The molecule has 4 nitrogen and oxygen atoms in total. The minimum Gasteiger partial charge on any atom is -0.360 e. The first-order valence-electron chi connectivity index (χ1n) is 4.16. The number of aliphatic hydroxyl groups is 2. The van der Waals surface area contributed by atoms with E-state index in [-0.39, 0.29) is 4.90 Å². The second-order valence-corrected chi connectivity index (χ2v) is 3.50. The highest BCUT2D eigenvalue weighted by atomic mass is 19.4. The number of β-amino-alcohol motifs (C(OH)–C–C–N with tert-alkyl or cyclic N) is 2. The van der Waals surface area contributed by atoms with E-state index in [9.17, 15) is 26.7 Å². The quantitative estimate of drug-likeness (QED) is 0.472. The fraction of sp³-hybridized carbons (Fsp3) is 0.857. The van der Waals surface area contributed by atoms with Crippen LogP contribution >= 0.6 is 0 Å². The summed E-state index contributed by atoms with van der Waals surface area (Å²) in [5, 5.41) is 17.7. The van der Waals surface area contributed by atoms with E-state index in [1.54, 1.807) is 0 Å². The SMILES string of the molecule is O=C(N1CCC(F)(F)C(O)(O)C1)C(F)(F)F. The number of piperidine rings is 1. The number of alkyl halides is 5. The number of hydrogen-bond acceptors (Lipinski definition) is 3. The van der Waals surface area contributed by atoms with Crippen molar-refractivity contribution in [1.82, 2.24) is 4.90 Å². The molecule has 0 atom stereocenters. The molecule has 94 valence electrons. The van der Waals surface area contributed by atoms with Gasteiger partial charge in [0.05, 0.1) is 6.54 Å². The molecule has 1 saturated heterocycles. The summed E-state index contributed by atoms with van der Waals surface area (Å²) in [6.07, 6.45) is -6.45. The smallest absolute Gasteiger partial charge is 0.360 e. The van der Waals surface area contributed by atoms with Crippen LogP contribution < -0.4 is 0 Å². The van der Waals surface area contributed by atoms with Crippen LogP contribution in [0.5, 0.6) is 0 Å². The number of amides is 1. The lowest BCUT2D eigenvalue weighted by atomic mass is 10.00. The molecule has 1 aliphatic rings. The highest BCUT2D eigenvalue weighted by Crippen LogP contribution is 2.36. The normalized spacial score (nSPS) is 24.3. The van der Waals surface area contributed by atoms with Gasteiger partial charge in [-0.05, 0) is 0 Å². The Kier molecular flexibility index (Phi) is 2.88. The molecule has 0 aliphatic carbocycles. The summed E-state index contributed by atoms with van der Waals surface area (Å²) in [5.41, 5.74) is 0. The average Bonchev–Trinajstić information content (AvgIpc) is 2.07. The maximum atomic E-state index is 12.8. The third-order valence-corrected chi connectivity index (χ3v) is 2.22. The standard InChI is InChI=1S/C7H8F5NO3/c8-5(9)1-2-13(3-6(5,15)16)4(14)7(10,11)12/h15-16H,1-3H2. The van der Waals surface area contributed by atoms with Crippen LogP contribution in [0.15, 0.2) is 0 Å². The predicted octanol–water partition coefficient (Wildman–Crippen LogP) is 0.0972. The number of nitrogens with zero attached hydrogens (tertiary/aromatic N) is 1. The maximum Gasteiger partial charge on any atom is 0.471 e. The number of carbonyl (C=O) groups is 1. The zero-order chi connectivity index (χ0) is 12.8. The summed E-state index contributed by atoms with van der Waals surface area (Å²) >= 11 is 0. The van der Waals surface area contributed by atoms with Crippen LogP contribution in [-0.2, 0) is 4.79 Å². The molecule has 0 radical (unpaired) electrons. The summed E-state index contributed by atoms with van der Waals surface area (Å²) in [5.74, 6) is -9.93. The van der Waals surface area contributed by atoms with Crippen LogP contribution in [0.2, 0.25) is 0 Å². The Morgan fingerprint density at radius 1 is 1.25 bits per heavy atom.